The van der Waals surface area contributed by atoms with Gasteiger partial charge in [-0.15, -0.1) is 0 Å². The minimum absolute atomic E-state index is 0.112. The van der Waals surface area contributed by atoms with Crippen molar-refractivity contribution in [2.45, 2.75) is 32.8 Å². The highest BCUT2D eigenvalue weighted by molar-refractivity contribution is 6.07. The molecule has 4 aromatic heterocycles. The van der Waals surface area contributed by atoms with Crippen LogP contribution in [0.2, 0.25) is 0 Å². The Hall–Kier alpha value is -13.1. The van der Waals surface area contributed by atoms with Gasteiger partial charge in [0, 0.05) is 39.0 Å². The van der Waals surface area contributed by atoms with Crippen molar-refractivity contribution < 1.29 is 81.2 Å². The number of aliphatic hydroxyl groups is 1. The lowest BCUT2D eigenvalue weighted by molar-refractivity contribution is 0.0149. The minimum Gasteiger partial charge on any atom is -0.497 e. The second kappa shape index (κ2) is 36.7. The van der Waals surface area contributed by atoms with Gasteiger partial charge in [0.1, 0.15) is 62.8 Å². The number of fused-ring (bicyclic) bond motifs is 6. The first kappa shape index (κ1) is 77.5. The van der Waals surface area contributed by atoms with Gasteiger partial charge in [0.05, 0.1) is 153 Å². The van der Waals surface area contributed by atoms with Gasteiger partial charge in [0.2, 0.25) is 0 Å². The number of β-amino-alcohol motifs (C(OH)–C–C–N with tert-alkyl or cyclic N) is 1. The highest BCUT2D eigenvalue weighted by atomic mass is 19.1. The molecule has 1 amide bonds. The molecule has 7 N–H and O–H groups in total. The van der Waals surface area contributed by atoms with E-state index in [1.165, 1.54) is 50.7 Å². The Balaban J connectivity index is 0.000000138. The summed E-state index contributed by atoms with van der Waals surface area (Å²) in [6, 6.07) is 39.4. The smallest absolute Gasteiger partial charge is 0.341 e. The molecule has 27 heteroatoms. The van der Waals surface area contributed by atoms with E-state index in [9.17, 15) is 33.8 Å². The predicted octanol–water partition coefficient (Wildman–Crippen LogP) is 13.5. The molecule has 1 saturated heterocycles. The summed E-state index contributed by atoms with van der Waals surface area (Å²) in [7, 11) is 7.66. The van der Waals surface area contributed by atoms with Crippen LogP contribution >= 0.6 is 0 Å². The molecule has 3 aliphatic rings. The van der Waals surface area contributed by atoms with Crippen molar-refractivity contribution >= 4 is 116 Å². The Morgan fingerprint density at radius 1 is 0.486 bits per heavy atom. The third-order valence-corrected chi connectivity index (χ3v) is 18.3. The van der Waals surface area contributed by atoms with Crippen molar-refractivity contribution in [1.82, 2.24) is 51.0 Å². The Morgan fingerprint density at radius 2 is 0.865 bits per heavy atom. The summed E-state index contributed by atoms with van der Waals surface area (Å²) in [5.41, 5.74) is 13.2. The lowest BCUT2D eigenvalue weighted by Crippen LogP contribution is -2.44. The topological polar surface area (TPSA) is 331 Å². The number of carboxylic acid groups (broad SMARTS) is 1. The molecule has 26 nitrogen and oxygen atoms in total. The summed E-state index contributed by atoms with van der Waals surface area (Å²) < 4.78 is 66.9. The van der Waals surface area contributed by atoms with Gasteiger partial charge in [-0.3, -0.25) is 30.1 Å². The first-order valence-corrected chi connectivity index (χ1v) is 35.8. The maximum Gasteiger partial charge on any atom is 0.341 e. The first-order chi connectivity index (χ1) is 54.1. The molecule has 111 heavy (non-hydrogen) atoms. The fourth-order valence-electron chi connectivity index (χ4n) is 12.9. The number of morpholine rings is 1. The van der Waals surface area contributed by atoms with Crippen LogP contribution in [0.15, 0.2) is 133 Å². The van der Waals surface area contributed by atoms with Crippen LogP contribution in [0.1, 0.15) is 111 Å². The number of methoxy groups -OCH3 is 5. The second-order valence-electron chi connectivity index (χ2n) is 25.3. The van der Waals surface area contributed by atoms with E-state index in [0.29, 0.717) is 111 Å². The number of carboxylic acids is 1. The van der Waals surface area contributed by atoms with E-state index < -0.39 is 24.0 Å². The third kappa shape index (κ3) is 18.4. The molecule has 3 aliphatic heterocycles. The molecule has 7 heterocycles. The van der Waals surface area contributed by atoms with Crippen molar-refractivity contribution in [3.63, 3.8) is 0 Å². The number of amides is 1. The SMILES string of the molecule is CCOC(=O)c1ccc2n[nH]c(/C=C/c3ccc(OC)cc3)c2c1OC.CCOC(=O)c1ccc2n[nH]c(/C=C/c3ccc4c(c3)CCO4)c2c1OC.COc1c(C(=O)NCC(O)CN2CCOCC2)ccc2n[nH]c(/C=C/c3ccc(F)cc3)c12.COc1c(C(=O)O)ccc2n[nH]c(/C=C/c3ccc4c(c3)CCO4)c12. The van der Waals surface area contributed by atoms with E-state index in [-0.39, 0.29) is 23.8 Å². The number of aromatic amines is 4. The third-order valence-electron chi connectivity index (χ3n) is 18.3. The van der Waals surface area contributed by atoms with Crippen LogP contribution in [0.4, 0.5) is 4.39 Å². The fourth-order valence-corrected chi connectivity index (χ4v) is 12.9. The van der Waals surface area contributed by atoms with Gasteiger partial charge in [-0.05, 0) is 169 Å². The molecule has 1 unspecified atom stereocenters. The summed E-state index contributed by atoms with van der Waals surface area (Å²) in [5, 5.41) is 54.3. The van der Waals surface area contributed by atoms with Crippen molar-refractivity contribution in [3.8, 4) is 40.2 Å². The summed E-state index contributed by atoms with van der Waals surface area (Å²) in [4.78, 5) is 50.8. The number of hydrogen-bond acceptors (Lipinski definition) is 20. The molecule has 0 bridgehead atoms. The van der Waals surface area contributed by atoms with E-state index in [2.05, 4.69) is 63.1 Å². The number of nitrogens with zero attached hydrogens (tertiary/aromatic N) is 5. The monoisotopic (exact) mass is 1510 g/mol. The van der Waals surface area contributed by atoms with Crippen molar-refractivity contribution in [2.75, 3.05) is 101 Å². The van der Waals surface area contributed by atoms with E-state index >= 15 is 0 Å². The average molecular weight is 1510 g/mol. The number of carbonyl (C=O) groups excluding carboxylic acids is 3. The molecule has 15 rings (SSSR count). The van der Waals surface area contributed by atoms with Gasteiger partial charge in [0.15, 0.2) is 0 Å². The maximum absolute atomic E-state index is 13.1. The number of H-pyrrole nitrogens is 4. The summed E-state index contributed by atoms with van der Waals surface area (Å²) >= 11 is 0. The van der Waals surface area contributed by atoms with Gasteiger partial charge in [0.25, 0.3) is 5.91 Å². The van der Waals surface area contributed by atoms with Crippen molar-refractivity contribution in [1.29, 1.82) is 0 Å². The normalized spacial score (nSPS) is 13.4. The average Bonchev–Trinajstić information content (AvgIpc) is 1.68. The number of hydrogen-bond donors (Lipinski definition) is 7. The Bertz CT molecular complexity index is 5440. The molecule has 0 aliphatic carbocycles. The predicted molar refractivity (Wildman–Crippen MR) is 421 cm³/mol. The first-order valence-electron chi connectivity index (χ1n) is 35.8. The minimum atomic E-state index is -1.03. The highest BCUT2D eigenvalue weighted by Crippen LogP contribution is 2.38. The van der Waals surface area contributed by atoms with E-state index in [4.69, 9.17) is 47.4 Å². The van der Waals surface area contributed by atoms with E-state index in [1.54, 1.807) is 88.7 Å². The summed E-state index contributed by atoms with van der Waals surface area (Å²) in [6.07, 6.45) is 16.4. The molecule has 1 atom stereocenters. The number of aromatic nitrogens is 8. The highest BCUT2D eigenvalue weighted by Gasteiger charge is 2.25. The zero-order valence-corrected chi connectivity index (χ0v) is 62.1. The van der Waals surface area contributed by atoms with Crippen LogP contribution in [0.5, 0.6) is 40.2 Å². The van der Waals surface area contributed by atoms with Crippen molar-refractivity contribution in [3.05, 3.63) is 218 Å². The van der Waals surface area contributed by atoms with Gasteiger partial charge >= 0.3 is 17.9 Å². The number of rotatable bonds is 23. The van der Waals surface area contributed by atoms with Crippen LogP contribution in [-0.4, -0.2) is 187 Å². The number of aliphatic hydroxyl groups excluding tert-OH is 1. The number of ether oxygens (including phenoxy) is 10. The van der Waals surface area contributed by atoms with Crippen LogP contribution < -0.4 is 38.5 Å². The molecule has 12 aromatic rings. The van der Waals surface area contributed by atoms with Crippen LogP contribution in [-0.2, 0) is 27.1 Å². The Labute approximate surface area is 637 Å². The molecular weight excluding hydrogens is 1420 g/mol. The number of aromatic carboxylic acids is 1. The number of nitrogens with one attached hydrogen (secondary N) is 5. The maximum atomic E-state index is 13.1. The number of halogens is 1. The van der Waals surface area contributed by atoms with Gasteiger partial charge in [-0.1, -0.05) is 60.7 Å². The zero-order chi connectivity index (χ0) is 77.9. The fraction of sp³-hybridized carbons (Fsp3) is 0.238. The summed E-state index contributed by atoms with van der Waals surface area (Å²) in [6.45, 7) is 9.05. The van der Waals surface area contributed by atoms with Crippen LogP contribution in [0.3, 0.4) is 0 Å². The Morgan fingerprint density at radius 3 is 1.27 bits per heavy atom. The lowest BCUT2D eigenvalue weighted by atomic mass is 10.1. The molecule has 0 spiro atoms. The quantitative estimate of drug-likeness (QED) is 0.0293. The van der Waals surface area contributed by atoms with Crippen LogP contribution in [0.25, 0.3) is 92.2 Å². The second-order valence-corrected chi connectivity index (χ2v) is 25.3. The molecule has 572 valence electrons. The van der Waals surface area contributed by atoms with Crippen molar-refractivity contribution in [2.24, 2.45) is 0 Å². The van der Waals surface area contributed by atoms with Crippen LogP contribution in [0, 0.1) is 5.82 Å². The molecule has 8 aromatic carbocycles. The number of carbonyl (C=O) groups is 4. The molecular formula is C84H83FN10O16. The van der Waals surface area contributed by atoms with Gasteiger partial charge < -0.3 is 62.9 Å². The molecule has 1 fully saturated rings. The molecule has 0 saturated carbocycles. The van der Waals surface area contributed by atoms with E-state index in [0.717, 1.165) is 106 Å². The van der Waals surface area contributed by atoms with Gasteiger partial charge in [-0.25, -0.2) is 18.8 Å². The largest absolute Gasteiger partial charge is 0.497 e. The standard InChI is InChI=1S/C24H27FN4O4.C21H20N2O4.C20H20N2O4.C19H16N2O4/c1-32-23-19(24(31)26-14-18(30)15-29-10-12-33-13-11-29)7-9-21-22(23)20(27-28-21)8-4-16-2-5-17(25)6-3-16;1-3-26-21(24)15-6-8-17-19(20(15)25-2)16(22-23-17)7-4-13-5-9-18-14(12-13)10-11-27-18;1-4-26-20(23)15-10-12-17-18(19(15)25-3)16(21-22-17)11-7-13-5-8-14(24-2)9-6-13;1-24-18-13(19(22)23)4-6-15-17(18)14(20-21-15)5-2-11-3-7-16-12(10-11)8-9-25-16/h2-9,18,30H,10-15H2,1H3,(H,26,31)(H,27,28);4-9,12H,3,10-11H2,1-2H3,(H,22,23);5-12H,4H2,1-3H3,(H,21,22);2-7,10H,8-9H2,1H3,(H,20,21)(H,22,23)/b8-4+;7-4+;11-7+;5-2+. The van der Waals surface area contributed by atoms with E-state index in [1.807, 2.05) is 91.1 Å². The molecule has 0 radical (unpaired) electrons. The Kier molecular flexibility index (Phi) is 25.6. The number of esters is 2. The number of benzene rings is 8. The van der Waals surface area contributed by atoms with Gasteiger partial charge in [-0.2, -0.15) is 20.4 Å². The lowest BCUT2D eigenvalue weighted by Gasteiger charge is -2.28. The zero-order valence-electron chi connectivity index (χ0n) is 62.1. The summed E-state index contributed by atoms with van der Waals surface area (Å²) in [5.74, 6) is 1.80.